The zero-order valence-corrected chi connectivity index (χ0v) is 26.5. The molecule has 2 fully saturated rings. The number of fused-ring (bicyclic) bond motifs is 1. The molecule has 3 heterocycles. The van der Waals surface area contributed by atoms with E-state index in [-0.39, 0.29) is 28.6 Å². The van der Waals surface area contributed by atoms with Crippen LogP contribution in [0.1, 0.15) is 13.8 Å². The van der Waals surface area contributed by atoms with Crippen LogP contribution < -0.4 is 24.4 Å². The van der Waals surface area contributed by atoms with Crippen LogP contribution in [0.5, 0.6) is 34.5 Å². The Hall–Kier alpha value is -4.40. The van der Waals surface area contributed by atoms with Gasteiger partial charge in [0.15, 0.2) is 28.6 Å². The average molecular weight is 697 g/mol. The van der Waals surface area contributed by atoms with Crippen LogP contribution in [-0.2, 0) is 19.0 Å². The molecule has 0 radical (unpaired) electrons. The lowest BCUT2D eigenvalue weighted by Crippen LogP contribution is -2.60. The third kappa shape index (κ3) is 6.77. The Labute approximate surface area is 276 Å². The first kappa shape index (κ1) is 35.9. The predicted molar refractivity (Wildman–Crippen MR) is 161 cm³/mol. The third-order valence-corrected chi connectivity index (χ3v) is 8.08. The molecule has 0 amide bonds. The van der Waals surface area contributed by atoms with Gasteiger partial charge < -0.3 is 78.4 Å². The summed E-state index contributed by atoms with van der Waals surface area (Å²) in [5, 5.41) is 83.2. The quantitative estimate of drug-likeness (QED) is 0.123. The molecule has 10 atom stereocenters. The fourth-order valence-corrected chi connectivity index (χ4v) is 5.39. The Kier molecular flexibility index (Phi) is 10.4. The molecule has 18 nitrogen and oxygen atoms in total. The molecular formula is C31H36O18. The van der Waals surface area contributed by atoms with Crippen molar-refractivity contribution in [2.45, 2.75) is 75.3 Å². The number of phenols is 2. The van der Waals surface area contributed by atoms with Gasteiger partial charge in [-0.3, -0.25) is 9.59 Å². The van der Waals surface area contributed by atoms with Gasteiger partial charge in [0.05, 0.1) is 20.3 Å². The third-order valence-electron chi connectivity index (χ3n) is 8.08. The van der Waals surface area contributed by atoms with Crippen molar-refractivity contribution >= 4 is 16.9 Å². The molecule has 2 aliphatic rings. The normalized spacial score (nSPS) is 30.1. The average Bonchev–Trinajstić information content (AvgIpc) is 3.06. The van der Waals surface area contributed by atoms with Crippen LogP contribution in [0.2, 0.25) is 0 Å². The molecule has 0 spiro atoms. The minimum absolute atomic E-state index is 0.0378. The number of esters is 1. The highest BCUT2D eigenvalue weighted by molar-refractivity contribution is 5.93. The Bertz CT molecular complexity index is 1740. The lowest BCUT2D eigenvalue weighted by Gasteiger charge is -2.39. The molecule has 2 saturated heterocycles. The molecule has 3 aromatic rings. The molecule has 2 aromatic carbocycles. The second-order valence-electron chi connectivity index (χ2n) is 11.3. The van der Waals surface area contributed by atoms with Gasteiger partial charge in [0.2, 0.25) is 29.5 Å². The minimum atomic E-state index is -1.96. The number of rotatable bonds is 9. The molecule has 18 heteroatoms. The van der Waals surface area contributed by atoms with Crippen molar-refractivity contribution in [1.82, 2.24) is 0 Å². The van der Waals surface area contributed by atoms with E-state index in [1.807, 2.05) is 0 Å². The zero-order valence-electron chi connectivity index (χ0n) is 26.5. The maximum absolute atomic E-state index is 14.2. The lowest BCUT2D eigenvalue weighted by atomic mass is 9.99. The van der Waals surface area contributed by atoms with E-state index < -0.39 is 108 Å². The summed E-state index contributed by atoms with van der Waals surface area (Å²) in [6.07, 6.45) is -16.3. The number of phenolic OH excluding ortho intramolecular Hbond substituents is 2. The van der Waals surface area contributed by atoms with Crippen molar-refractivity contribution in [3.05, 3.63) is 34.5 Å². The Morgan fingerprint density at radius 1 is 0.776 bits per heavy atom. The number of aliphatic hydroxyl groups is 6. The highest BCUT2D eigenvalue weighted by Crippen LogP contribution is 2.45. The summed E-state index contributed by atoms with van der Waals surface area (Å²) in [6, 6.07) is 4.71. The maximum atomic E-state index is 14.2. The van der Waals surface area contributed by atoms with Crippen LogP contribution in [-0.4, -0.2) is 129 Å². The molecule has 268 valence electrons. The number of aliphatic hydroxyl groups excluding tert-OH is 6. The highest BCUT2D eigenvalue weighted by atomic mass is 16.7. The van der Waals surface area contributed by atoms with E-state index in [1.165, 1.54) is 39.3 Å². The van der Waals surface area contributed by atoms with Gasteiger partial charge in [-0.15, -0.1) is 0 Å². The summed E-state index contributed by atoms with van der Waals surface area (Å²) in [5.74, 6) is -3.56. The molecule has 0 bridgehead atoms. The van der Waals surface area contributed by atoms with Gasteiger partial charge in [0, 0.05) is 18.6 Å². The van der Waals surface area contributed by atoms with Gasteiger partial charge in [0.25, 0.3) is 0 Å². The van der Waals surface area contributed by atoms with Gasteiger partial charge in [-0.2, -0.15) is 0 Å². The number of carbonyl (C=O) groups is 1. The van der Waals surface area contributed by atoms with Crippen LogP contribution in [0.3, 0.4) is 0 Å². The molecule has 1 aromatic heterocycles. The van der Waals surface area contributed by atoms with E-state index in [0.29, 0.717) is 0 Å². The van der Waals surface area contributed by atoms with Crippen LogP contribution in [0.4, 0.5) is 0 Å². The second kappa shape index (κ2) is 14.2. The molecule has 0 saturated carbocycles. The molecule has 5 rings (SSSR count). The number of hydrogen-bond donors (Lipinski definition) is 8. The fourth-order valence-electron chi connectivity index (χ4n) is 5.39. The smallest absolute Gasteiger partial charge is 0.302 e. The van der Waals surface area contributed by atoms with Crippen molar-refractivity contribution in [2.75, 3.05) is 20.8 Å². The second-order valence-corrected chi connectivity index (χ2v) is 11.3. The number of methoxy groups -OCH3 is 2. The zero-order chi connectivity index (χ0) is 35.9. The van der Waals surface area contributed by atoms with Gasteiger partial charge in [0.1, 0.15) is 60.5 Å². The SMILES string of the molecule is COc1cc(-c2oc3c(OC)c(O[C@H]4O[C@@H](C)[C@H](O)[C@@H](O)[C@H]4O)cc(O)c3c(=O)c2O[C@H]2O[C@H](COC(C)=O)[C@@H](O)[C@H](O)[C@H]2O)ccc1O. The monoisotopic (exact) mass is 696 g/mol. The topological polar surface area (TPSA) is 274 Å². The first-order valence-electron chi connectivity index (χ1n) is 14.8. The van der Waals surface area contributed by atoms with Crippen molar-refractivity contribution in [2.24, 2.45) is 0 Å². The van der Waals surface area contributed by atoms with Gasteiger partial charge in [-0.25, -0.2) is 0 Å². The summed E-state index contributed by atoms with van der Waals surface area (Å²) in [5.41, 5.74) is -1.46. The van der Waals surface area contributed by atoms with E-state index >= 15 is 0 Å². The molecule has 8 N–H and O–H groups in total. The van der Waals surface area contributed by atoms with Crippen molar-refractivity contribution in [1.29, 1.82) is 0 Å². The maximum Gasteiger partial charge on any atom is 0.302 e. The van der Waals surface area contributed by atoms with Crippen molar-refractivity contribution in [3.8, 4) is 45.8 Å². The van der Waals surface area contributed by atoms with E-state index in [0.717, 1.165) is 13.0 Å². The molecule has 0 unspecified atom stereocenters. The summed E-state index contributed by atoms with van der Waals surface area (Å²) < 4.78 is 44.2. The highest BCUT2D eigenvalue weighted by Gasteiger charge is 2.47. The number of benzene rings is 2. The Balaban J connectivity index is 1.66. The largest absolute Gasteiger partial charge is 0.507 e. The van der Waals surface area contributed by atoms with Crippen molar-refractivity contribution in [3.63, 3.8) is 0 Å². The van der Waals surface area contributed by atoms with E-state index in [2.05, 4.69) is 0 Å². The molecule has 0 aliphatic carbocycles. The standard InChI is InChI=1S/C31H36O18/c1-10-19(35)22(38)24(40)30(45-10)46-16-8-14(34)18-21(37)29(49-31-25(41)23(39)20(36)17(47-31)9-44-11(2)32)26(48-28(18)27(16)43-4)12-5-6-13(33)15(7-12)42-3/h5-8,10,17,19-20,22-25,30-31,33-36,38-41H,9H2,1-4H3/t10-,17+,19-,20+,22+,23-,24+,25+,30+,31+/m0/s1. The van der Waals surface area contributed by atoms with E-state index in [1.54, 1.807) is 0 Å². The van der Waals surface area contributed by atoms with E-state index in [9.17, 15) is 50.4 Å². The predicted octanol–water partition coefficient (Wildman–Crippen LogP) is -1.16. The Morgan fingerprint density at radius 3 is 2.06 bits per heavy atom. The van der Waals surface area contributed by atoms with Crippen LogP contribution in [0.15, 0.2) is 33.5 Å². The van der Waals surface area contributed by atoms with Gasteiger partial charge in [-0.1, -0.05) is 0 Å². The first-order chi connectivity index (χ1) is 23.2. The number of hydrogen-bond acceptors (Lipinski definition) is 18. The number of aromatic hydroxyl groups is 2. The summed E-state index contributed by atoms with van der Waals surface area (Å²) >= 11 is 0. The van der Waals surface area contributed by atoms with Crippen LogP contribution >= 0.6 is 0 Å². The Morgan fingerprint density at radius 2 is 1.43 bits per heavy atom. The molecule has 49 heavy (non-hydrogen) atoms. The summed E-state index contributed by atoms with van der Waals surface area (Å²) in [6.45, 7) is 1.97. The fraction of sp³-hybridized carbons (Fsp3) is 0.484. The van der Waals surface area contributed by atoms with Crippen LogP contribution in [0, 0.1) is 0 Å². The van der Waals surface area contributed by atoms with Gasteiger partial charge >= 0.3 is 5.97 Å². The first-order valence-corrected chi connectivity index (χ1v) is 14.8. The number of ether oxygens (including phenoxy) is 7. The van der Waals surface area contributed by atoms with Crippen LogP contribution in [0.25, 0.3) is 22.3 Å². The summed E-state index contributed by atoms with van der Waals surface area (Å²) in [7, 11) is 2.44. The van der Waals surface area contributed by atoms with E-state index in [4.69, 9.17) is 37.6 Å². The van der Waals surface area contributed by atoms with Gasteiger partial charge in [-0.05, 0) is 25.1 Å². The molecular weight excluding hydrogens is 660 g/mol. The molecule has 2 aliphatic heterocycles. The number of carbonyl (C=O) groups excluding carboxylic acids is 1. The minimum Gasteiger partial charge on any atom is -0.507 e. The van der Waals surface area contributed by atoms with Crippen molar-refractivity contribution < 1.29 is 83.2 Å². The lowest BCUT2D eigenvalue weighted by molar-refractivity contribution is -0.278. The summed E-state index contributed by atoms with van der Waals surface area (Å²) in [4.78, 5) is 25.5.